The lowest BCUT2D eigenvalue weighted by Gasteiger charge is -2.36. The van der Waals surface area contributed by atoms with Gasteiger partial charge in [-0.05, 0) is 66.0 Å². The third kappa shape index (κ3) is 4.69. The smallest absolute Gasteiger partial charge is 0.290 e. The molecule has 0 radical (unpaired) electrons. The fraction of sp³-hybridized carbons (Fsp3) is 0.269. The molecule has 0 unspecified atom stereocenters. The van der Waals surface area contributed by atoms with Gasteiger partial charge >= 0.3 is 0 Å². The molecule has 0 bridgehead atoms. The van der Waals surface area contributed by atoms with E-state index >= 15 is 0 Å². The van der Waals surface area contributed by atoms with Crippen LogP contribution in [0.15, 0.2) is 53.6 Å². The Balaban J connectivity index is 1.45. The molecule has 0 atom stereocenters. The number of hydrogen-bond acceptors (Lipinski definition) is 6. The molecule has 0 saturated carbocycles. The van der Waals surface area contributed by atoms with E-state index in [4.69, 9.17) is 11.6 Å². The summed E-state index contributed by atoms with van der Waals surface area (Å²) in [5, 5.41) is 4.67. The van der Waals surface area contributed by atoms with Crippen LogP contribution in [-0.2, 0) is 4.79 Å². The summed E-state index contributed by atoms with van der Waals surface area (Å²) >= 11 is 7.68. The summed E-state index contributed by atoms with van der Waals surface area (Å²) in [4.78, 5) is 33.3. The number of nitrogens with one attached hydrogen (secondary N) is 1. The summed E-state index contributed by atoms with van der Waals surface area (Å²) < 4.78 is 0. The first-order chi connectivity index (χ1) is 16.5. The predicted octanol–water partition coefficient (Wildman–Crippen LogP) is 5.41. The van der Waals surface area contributed by atoms with Crippen molar-refractivity contribution in [3.63, 3.8) is 0 Å². The Morgan fingerprint density at radius 3 is 2.62 bits per heavy atom. The van der Waals surface area contributed by atoms with Crippen molar-refractivity contribution >= 4 is 57.0 Å². The number of pyridine rings is 1. The van der Waals surface area contributed by atoms with Gasteiger partial charge in [0.1, 0.15) is 0 Å². The maximum absolute atomic E-state index is 11.9. The highest BCUT2D eigenvalue weighted by atomic mass is 35.5. The van der Waals surface area contributed by atoms with Crippen LogP contribution in [0.1, 0.15) is 18.9 Å². The molecule has 3 heterocycles. The molecule has 1 aromatic heterocycles. The molecule has 2 aromatic carbocycles. The molecule has 2 aliphatic heterocycles. The number of thioether (sulfide) groups is 1. The molecule has 3 aromatic rings. The zero-order chi connectivity index (χ0) is 23.7. The van der Waals surface area contributed by atoms with Crippen LogP contribution in [0.2, 0.25) is 5.02 Å². The van der Waals surface area contributed by atoms with Gasteiger partial charge in [-0.15, -0.1) is 0 Å². The van der Waals surface area contributed by atoms with E-state index in [1.807, 2.05) is 30.3 Å². The van der Waals surface area contributed by atoms with E-state index in [2.05, 4.69) is 39.2 Å². The first-order valence-corrected chi connectivity index (χ1v) is 12.6. The Hall–Kier alpha value is -2.87. The first kappa shape index (κ1) is 22.9. The number of aromatic nitrogens is 1. The monoisotopic (exact) mass is 492 g/mol. The van der Waals surface area contributed by atoms with Crippen molar-refractivity contribution in [1.82, 2.24) is 15.2 Å². The van der Waals surface area contributed by atoms with E-state index in [9.17, 15) is 9.59 Å². The van der Waals surface area contributed by atoms with Crippen molar-refractivity contribution in [1.29, 1.82) is 0 Å². The van der Waals surface area contributed by atoms with Gasteiger partial charge in [-0.2, -0.15) is 0 Å². The number of hydrogen-bond donors (Lipinski definition) is 1. The maximum atomic E-state index is 11.9. The summed E-state index contributed by atoms with van der Waals surface area (Å²) in [5.41, 5.74) is 3.67. The first-order valence-electron chi connectivity index (χ1n) is 11.4. The van der Waals surface area contributed by atoms with Gasteiger partial charge in [0.25, 0.3) is 11.1 Å². The van der Waals surface area contributed by atoms with E-state index in [1.54, 1.807) is 12.3 Å². The van der Waals surface area contributed by atoms with Gasteiger partial charge in [-0.3, -0.25) is 24.8 Å². The number of fused-ring (bicyclic) bond motifs is 1. The third-order valence-corrected chi connectivity index (χ3v) is 7.32. The fourth-order valence-electron chi connectivity index (χ4n) is 4.52. The SMILES string of the molecule is CCCN1CCN(c2ccc(-c3nccc4ccc(C=C5SC(=O)NC5=O)cc34)cc2Cl)CC1. The second-order valence-corrected chi connectivity index (χ2v) is 9.91. The topological polar surface area (TPSA) is 65.5 Å². The summed E-state index contributed by atoms with van der Waals surface area (Å²) in [6, 6.07) is 14.0. The molecule has 8 heteroatoms. The van der Waals surface area contributed by atoms with E-state index in [1.165, 1.54) is 6.42 Å². The molecular weight excluding hydrogens is 468 g/mol. The van der Waals surface area contributed by atoms with Crippen molar-refractivity contribution < 1.29 is 9.59 Å². The number of imide groups is 1. The lowest BCUT2D eigenvalue weighted by Crippen LogP contribution is -2.46. The van der Waals surface area contributed by atoms with Gasteiger partial charge in [0.15, 0.2) is 0 Å². The molecule has 6 nitrogen and oxygen atoms in total. The number of benzene rings is 2. The minimum Gasteiger partial charge on any atom is -0.368 e. The number of nitrogens with zero attached hydrogens (tertiary/aromatic N) is 3. The number of carbonyl (C=O) groups excluding carboxylic acids is 2. The van der Waals surface area contributed by atoms with Crippen LogP contribution < -0.4 is 10.2 Å². The van der Waals surface area contributed by atoms with Crippen molar-refractivity contribution in [3.05, 3.63) is 64.2 Å². The molecule has 174 valence electrons. The van der Waals surface area contributed by atoms with E-state index < -0.39 is 0 Å². The van der Waals surface area contributed by atoms with Gasteiger partial charge < -0.3 is 4.90 Å². The van der Waals surface area contributed by atoms with Crippen LogP contribution in [0.3, 0.4) is 0 Å². The minimum absolute atomic E-state index is 0.346. The minimum atomic E-state index is -0.362. The van der Waals surface area contributed by atoms with Crippen molar-refractivity contribution in [2.24, 2.45) is 0 Å². The molecular formula is C26H25ClN4O2S. The van der Waals surface area contributed by atoms with Crippen molar-refractivity contribution in [2.45, 2.75) is 13.3 Å². The number of carbonyl (C=O) groups is 2. The zero-order valence-corrected chi connectivity index (χ0v) is 20.5. The van der Waals surface area contributed by atoms with Gasteiger partial charge in [-0.25, -0.2) is 0 Å². The Labute approximate surface area is 208 Å². The number of halogens is 1. The highest BCUT2D eigenvalue weighted by molar-refractivity contribution is 8.18. The van der Waals surface area contributed by atoms with E-state index in [0.29, 0.717) is 4.91 Å². The summed E-state index contributed by atoms with van der Waals surface area (Å²) in [7, 11) is 0. The lowest BCUT2D eigenvalue weighted by molar-refractivity contribution is -0.115. The molecule has 2 amide bonds. The maximum Gasteiger partial charge on any atom is 0.290 e. The largest absolute Gasteiger partial charge is 0.368 e. The van der Waals surface area contributed by atoms with Crippen molar-refractivity contribution in [2.75, 3.05) is 37.6 Å². The second-order valence-electron chi connectivity index (χ2n) is 8.49. The standard InChI is InChI=1S/C26H25ClN4O2S/c1-2-9-30-10-12-31(13-11-30)22-6-5-19(16-21(22)27)24-20-14-17(3-4-18(20)7-8-28-24)15-23-25(32)29-26(33)34-23/h3-8,14-16H,2,9-13H2,1H3,(H,29,32,33). The van der Waals surface area contributed by atoms with Gasteiger partial charge in [-0.1, -0.05) is 36.7 Å². The van der Waals surface area contributed by atoms with Gasteiger partial charge in [0, 0.05) is 43.3 Å². The highest BCUT2D eigenvalue weighted by Crippen LogP contribution is 2.35. The number of piperazine rings is 1. The number of anilines is 1. The lowest BCUT2D eigenvalue weighted by atomic mass is 10.0. The molecule has 0 spiro atoms. The summed E-state index contributed by atoms with van der Waals surface area (Å²) in [5.74, 6) is -0.362. The van der Waals surface area contributed by atoms with Gasteiger partial charge in [0.2, 0.25) is 0 Å². The van der Waals surface area contributed by atoms with Gasteiger partial charge in [0.05, 0.1) is 21.3 Å². The predicted molar refractivity (Wildman–Crippen MR) is 140 cm³/mol. The van der Waals surface area contributed by atoms with Crippen LogP contribution in [0.5, 0.6) is 0 Å². The third-order valence-electron chi connectivity index (χ3n) is 6.20. The molecule has 2 saturated heterocycles. The molecule has 2 fully saturated rings. The molecule has 34 heavy (non-hydrogen) atoms. The Morgan fingerprint density at radius 2 is 1.91 bits per heavy atom. The molecule has 1 N–H and O–H groups in total. The van der Waals surface area contributed by atoms with E-state index in [-0.39, 0.29) is 11.1 Å². The average molecular weight is 493 g/mol. The summed E-state index contributed by atoms with van der Waals surface area (Å²) in [6.07, 6.45) is 4.70. The normalized spacial score (nSPS) is 18.2. The average Bonchev–Trinajstić information content (AvgIpc) is 3.15. The fourth-order valence-corrected chi connectivity index (χ4v) is 5.50. The molecule has 0 aliphatic carbocycles. The van der Waals surface area contributed by atoms with Crippen LogP contribution in [-0.4, -0.2) is 53.8 Å². The van der Waals surface area contributed by atoms with Crippen LogP contribution >= 0.6 is 23.4 Å². The number of amides is 2. The Morgan fingerprint density at radius 1 is 1.09 bits per heavy atom. The Bertz CT molecular complexity index is 1300. The van der Waals surface area contributed by atoms with Crippen LogP contribution in [0, 0.1) is 0 Å². The second kappa shape index (κ2) is 9.78. The number of rotatable bonds is 5. The van der Waals surface area contributed by atoms with Crippen LogP contribution in [0.4, 0.5) is 10.5 Å². The Kier molecular flexibility index (Phi) is 6.59. The van der Waals surface area contributed by atoms with Crippen molar-refractivity contribution in [3.8, 4) is 11.3 Å². The highest BCUT2D eigenvalue weighted by Gasteiger charge is 2.25. The van der Waals surface area contributed by atoms with Crippen LogP contribution in [0.25, 0.3) is 28.1 Å². The quantitative estimate of drug-likeness (QED) is 0.480. The zero-order valence-electron chi connectivity index (χ0n) is 18.9. The molecule has 5 rings (SSSR count). The molecule has 2 aliphatic rings. The van der Waals surface area contributed by atoms with E-state index in [0.717, 1.165) is 82.8 Å². The summed E-state index contributed by atoms with van der Waals surface area (Å²) in [6.45, 7) is 7.41.